The Morgan fingerprint density at radius 3 is 3.00 bits per heavy atom. The summed E-state index contributed by atoms with van der Waals surface area (Å²) in [5.74, 6) is -0.0133. The normalized spacial score (nSPS) is 17.3. The molecule has 1 aliphatic heterocycles. The predicted octanol–water partition coefficient (Wildman–Crippen LogP) is 1.30. The van der Waals surface area contributed by atoms with E-state index < -0.39 is 0 Å². The zero-order valence-corrected chi connectivity index (χ0v) is 12.2. The topological polar surface area (TPSA) is 61.0 Å². The lowest BCUT2D eigenvalue weighted by molar-refractivity contribution is -0.131. The van der Waals surface area contributed by atoms with Crippen molar-refractivity contribution in [3.63, 3.8) is 0 Å². The molecule has 0 fully saturated rings. The predicted molar refractivity (Wildman–Crippen MR) is 80.8 cm³/mol. The molecular formula is C16H20N4O. The van der Waals surface area contributed by atoms with Gasteiger partial charge in [-0.05, 0) is 12.0 Å². The molecular weight excluding hydrogens is 264 g/mol. The van der Waals surface area contributed by atoms with E-state index in [0.29, 0.717) is 6.54 Å². The molecule has 0 aliphatic carbocycles. The van der Waals surface area contributed by atoms with Gasteiger partial charge in [0.05, 0.1) is 17.8 Å². The molecule has 0 saturated carbocycles. The highest BCUT2D eigenvalue weighted by molar-refractivity contribution is 5.84. The first-order valence-electron chi connectivity index (χ1n) is 7.27. The molecule has 1 aliphatic rings. The molecule has 1 aromatic heterocycles. The van der Waals surface area contributed by atoms with Gasteiger partial charge in [-0.3, -0.25) is 9.89 Å². The van der Waals surface area contributed by atoms with Gasteiger partial charge in [-0.15, -0.1) is 0 Å². The Kier molecular flexibility index (Phi) is 4.01. The van der Waals surface area contributed by atoms with E-state index >= 15 is 0 Å². The van der Waals surface area contributed by atoms with Crippen LogP contribution < -0.4 is 5.32 Å². The molecule has 5 heteroatoms. The number of aromatic nitrogens is 2. The molecule has 1 aromatic carbocycles. The molecule has 5 nitrogen and oxygen atoms in total. The molecule has 2 heterocycles. The minimum atomic E-state index is -0.156. The summed E-state index contributed by atoms with van der Waals surface area (Å²) in [6, 6.07) is 10.2. The van der Waals surface area contributed by atoms with Crippen LogP contribution in [0, 0.1) is 0 Å². The van der Waals surface area contributed by atoms with E-state index in [0.717, 1.165) is 30.8 Å². The van der Waals surface area contributed by atoms with Gasteiger partial charge in [0.1, 0.15) is 0 Å². The van der Waals surface area contributed by atoms with Crippen molar-refractivity contribution < 1.29 is 4.79 Å². The smallest absolute Gasteiger partial charge is 0.232 e. The van der Waals surface area contributed by atoms with Gasteiger partial charge in [0.15, 0.2) is 0 Å². The summed E-state index contributed by atoms with van der Waals surface area (Å²) in [6.07, 6.45) is 2.67. The van der Waals surface area contributed by atoms with E-state index in [2.05, 4.69) is 27.6 Å². The number of nitrogens with one attached hydrogen (secondary N) is 2. The fourth-order valence-electron chi connectivity index (χ4n) is 2.75. The molecule has 110 valence electrons. The van der Waals surface area contributed by atoms with Crippen LogP contribution in [0.15, 0.2) is 36.5 Å². The molecule has 3 rings (SSSR count). The van der Waals surface area contributed by atoms with Crippen molar-refractivity contribution in [2.45, 2.75) is 18.9 Å². The van der Waals surface area contributed by atoms with E-state index in [4.69, 9.17) is 0 Å². The van der Waals surface area contributed by atoms with Gasteiger partial charge in [-0.25, -0.2) is 0 Å². The number of rotatable bonds is 4. The van der Waals surface area contributed by atoms with Gasteiger partial charge in [0.2, 0.25) is 5.91 Å². The van der Waals surface area contributed by atoms with E-state index in [1.807, 2.05) is 30.1 Å². The zero-order valence-electron chi connectivity index (χ0n) is 12.2. The third-order valence-corrected chi connectivity index (χ3v) is 4.02. The van der Waals surface area contributed by atoms with Crippen LogP contribution in [-0.2, 0) is 17.8 Å². The fraction of sp³-hybridized carbons (Fsp3) is 0.375. The standard InChI is InChI=1S/C16H20N4O/c1-20(8-7-12-5-3-2-4-6-12)16(21)14-11-17-9-13-10-18-19-15(13)14/h2-6,10,14,17H,7-9,11H2,1H3,(H,18,19)/t14-/m0/s1. The number of hydrogen-bond donors (Lipinski definition) is 2. The molecule has 2 N–H and O–H groups in total. The lowest BCUT2D eigenvalue weighted by Gasteiger charge is -2.27. The average molecular weight is 284 g/mol. The van der Waals surface area contributed by atoms with Crippen LogP contribution in [0.3, 0.4) is 0 Å². The van der Waals surface area contributed by atoms with E-state index in [9.17, 15) is 4.79 Å². The SMILES string of the molecule is CN(CCc1ccccc1)C(=O)[C@H]1CNCc2cn[nH]c21. The number of carbonyl (C=O) groups excluding carboxylic acids is 1. The Morgan fingerprint density at radius 1 is 1.38 bits per heavy atom. The molecule has 0 radical (unpaired) electrons. The average Bonchev–Trinajstić information content (AvgIpc) is 3.01. The van der Waals surface area contributed by atoms with Crippen LogP contribution >= 0.6 is 0 Å². The third kappa shape index (κ3) is 2.97. The number of nitrogens with zero attached hydrogens (tertiary/aromatic N) is 2. The second kappa shape index (κ2) is 6.10. The lowest BCUT2D eigenvalue weighted by Crippen LogP contribution is -2.40. The molecule has 2 aromatic rings. The molecule has 0 saturated heterocycles. The van der Waals surface area contributed by atoms with Gasteiger partial charge in [0, 0.05) is 32.2 Å². The van der Waals surface area contributed by atoms with Crippen LogP contribution in [0.5, 0.6) is 0 Å². The summed E-state index contributed by atoms with van der Waals surface area (Å²) in [5, 5.41) is 10.3. The first-order chi connectivity index (χ1) is 10.3. The highest BCUT2D eigenvalue weighted by Gasteiger charge is 2.29. The lowest BCUT2D eigenvalue weighted by atomic mass is 9.96. The fourth-order valence-corrected chi connectivity index (χ4v) is 2.75. The van der Waals surface area contributed by atoms with Crippen LogP contribution in [0.4, 0.5) is 0 Å². The number of H-pyrrole nitrogens is 1. The quantitative estimate of drug-likeness (QED) is 0.889. The van der Waals surface area contributed by atoms with E-state index in [-0.39, 0.29) is 11.8 Å². The second-order valence-electron chi connectivity index (χ2n) is 5.49. The summed E-state index contributed by atoms with van der Waals surface area (Å²) in [5.41, 5.74) is 3.31. The maximum absolute atomic E-state index is 12.6. The number of hydrogen-bond acceptors (Lipinski definition) is 3. The summed E-state index contributed by atoms with van der Waals surface area (Å²) < 4.78 is 0. The minimum absolute atomic E-state index is 0.142. The molecule has 1 atom stereocenters. The third-order valence-electron chi connectivity index (χ3n) is 4.02. The number of fused-ring (bicyclic) bond motifs is 1. The van der Waals surface area contributed by atoms with Gasteiger partial charge < -0.3 is 10.2 Å². The Morgan fingerprint density at radius 2 is 2.19 bits per heavy atom. The number of amides is 1. The highest BCUT2D eigenvalue weighted by atomic mass is 16.2. The van der Waals surface area contributed by atoms with Gasteiger partial charge in [0.25, 0.3) is 0 Å². The number of likely N-dealkylation sites (N-methyl/N-ethyl adjacent to an activating group) is 1. The van der Waals surface area contributed by atoms with Crippen LogP contribution in [-0.4, -0.2) is 41.1 Å². The Bertz CT molecular complexity index is 608. The van der Waals surface area contributed by atoms with Crippen LogP contribution in [0.1, 0.15) is 22.7 Å². The van der Waals surface area contributed by atoms with Crippen LogP contribution in [0.25, 0.3) is 0 Å². The van der Waals surface area contributed by atoms with Crippen molar-refractivity contribution in [1.29, 1.82) is 0 Å². The molecule has 0 bridgehead atoms. The van der Waals surface area contributed by atoms with Crippen molar-refractivity contribution >= 4 is 5.91 Å². The van der Waals surface area contributed by atoms with Crippen molar-refractivity contribution in [3.8, 4) is 0 Å². The van der Waals surface area contributed by atoms with Gasteiger partial charge in [-0.2, -0.15) is 5.10 Å². The Balaban J connectivity index is 1.63. The zero-order chi connectivity index (χ0) is 14.7. The second-order valence-corrected chi connectivity index (χ2v) is 5.49. The summed E-state index contributed by atoms with van der Waals surface area (Å²) in [6.45, 7) is 2.18. The monoisotopic (exact) mass is 284 g/mol. The molecule has 0 spiro atoms. The van der Waals surface area contributed by atoms with Gasteiger partial charge in [-0.1, -0.05) is 30.3 Å². The highest BCUT2D eigenvalue weighted by Crippen LogP contribution is 2.23. The summed E-state index contributed by atoms with van der Waals surface area (Å²) >= 11 is 0. The van der Waals surface area contributed by atoms with Crippen molar-refractivity contribution in [2.24, 2.45) is 0 Å². The number of benzene rings is 1. The Hall–Kier alpha value is -2.14. The largest absolute Gasteiger partial charge is 0.345 e. The molecule has 0 unspecified atom stereocenters. The van der Waals surface area contributed by atoms with Crippen molar-refractivity contribution in [3.05, 3.63) is 53.3 Å². The summed E-state index contributed by atoms with van der Waals surface area (Å²) in [4.78, 5) is 14.4. The maximum Gasteiger partial charge on any atom is 0.232 e. The van der Waals surface area contributed by atoms with Crippen molar-refractivity contribution in [1.82, 2.24) is 20.4 Å². The molecule has 1 amide bonds. The van der Waals surface area contributed by atoms with E-state index in [1.54, 1.807) is 6.20 Å². The van der Waals surface area contributed by atoms with E-state index in [1.165, 1.54) is 5.56 Å². The minimum Gasteiger partial charge on any atom is -0.345 e. The van der Waals surface area contributed by atoms with Gasteiger partial charge >= 0.3 is 0 Å². The maximum atomic E-state index is 12.6. The summed E-state index contributed by atoms with van der Waals surface area (Å²) in [7, 11) is 1.87. The number of aromatic amines is 1. The number of carbonyl (C=O) groups is 1. The first kappa shape index (κ1) is 13.8. The van der Waals surface area contributed by atoms with Crippen molar-refractivity contribution in [2.75, 3.05) is 20.1 Å². The first-order valence-corrected chi connectivity index (χ1v) is 7.27. The van der Waals surface area contributed by atoms with Crippen LogP contribution in [0.2, 0.25) is 0 Å². The molecule has 21 heavy (non-hydrogen) atoms. The Labute approximate surface area is 124 Å².